The lowest BCUT2D eigenvalue weighted by atomic mass is 9.75. The van der Waals surface area contributed by atoms with E-state index in [0.717, 1.165) is 25.7 Å². The molecule has 5 nitrogen and oxygen atoms in total. The number of carboxylic acids is 1. The van der Waals surface area contributed by atoms with Gasteiger partial charge in [0, 0.05) is 13.1 Å². The second-order valence-corrected chi connectivity index (χ2v) is 6.87. The number of likely N-dealkylation sites (N-methyl/N-ethyl adjacent to an activating group) is 1. The van der Waals surface area contributed by atoms with Crippen LogP contribution in [0.4, 0.5) is 0 Å². The van der Waals surface area contributed by atoms with Gasteiger partial charge in [0.25, 0.3) is 5.91 Å². The van der Waals surface area contributed by atoms with Crippen LogP contribution in [0.3, 0.4) is 0 Å². The zero-order chi connectivity index (χ0) is 14.9. The highest BCUT2D eigenvalue weighted by Gasteiger charge is 2.38. The Bertz CT molecular complexity index is 383. The number of aliphatic carboxylic acids is 1. The van der Waals surface area contributed by atoms with Gasteiger partial charge >= 0.3 is 5.97 Å². The maximum atomic E-state index is 12.4. The first kappa shape index (κ1) is 15.3. The highest BCUT2D eigenvalue weighted by molar-refractivity contribution is 5.82. The largest absolute Gasteiger partial charge is 0.479 e. The lowest BCUT2D eigenvalue weighted by molar-refractivity contribution is -0.155. The quantitative estimate of drug-likeness (QED) is 0.860. The molecule has 114 valence electrons. The van der Waals surface area contributed by atoms with Crippen LogP contribution in [0.15, 0.2) is 0 Å². The van der Waals surface area contributed by atoms with Crippen LogP contribution in [0.5, 0.6) is 0 Å². The number of carboxylic acid groups (broad SMARTS) is 1. The van der Waals surface area contributed by atoms with Crippen LogP contribution in [-0.2, 0) is 14.3 Å². The third kappa shape index (κ3) is 3.32. The van der Waals surface area contributed by atoms with E-state index in [2.05, 4.69) is 13.8 Å². The molecule has 1 heterocycles. The Labute approximate surface area is 120 Å². The van der Waals surface area contributed by atoms with Crippen molar-refractivity contribution in [3.63, 3.8) is 0 Å². The summed E-state index contributed by atoms with van der Waals surface area (Å²) < 4.78 is 5.35. The normalized spacial score (nSPS) is 30.1. The third-order valence-electron chi connectivity index (χ3n) is 4.77. The Balaban J connectivity index is 1.88. The summed E-state index contributed by atoms with van der Waals surface area (Å²) in [4.78, 5) is 25.0. The van der Waals surface area contributed by atoms with E-state index in [1.54, 1.807) is 4.90 Å². The van der Waals surface area contributed by atoms with Crippen molar-refractivity contribution < 1.29 is 19.4 Å². The van der Waals surface area contributed by atoms with Gasteiger partial charge in [0.1, 0.15) is 6.10 Å². The standard InChI is InChI=1S/C15H25NO4/c1-15(2)8-6-10(7-9-15)16(3)13(17)11-4-5-12(20-11)14(18)19/h10-12H,4-9H2,1-3H3,(H,18,19)/t11-,12+/m0/s1. The number of ether oxygens (including phenoxy) is 1. The molecule has 20 heavy (non-hydrogen) atoms. The molecule has 1 amide bonds. The summed E-state index contributed by atoms with van der Waals surface area (Å²) in [6.07, 6.45) is 3.83. The van der Waals surface area contributed by atoms with Crippen molar-refractivity contribution in [2.75, 3.05) is 7.05 Å². The summed E-state index contributed by atoms with van der Waals surface area (Å²) in [6, 6.07) is 0.267. The molecule has 0 aromatic rings. The van der Waals surface area contributed by atoms with Gasteiger partial charge < -0.3 is 14.7 Å². The molecule has 0 spiro atoms. The van der Waals surface area contributed by atoms with Crippen molar-refractivity contribution in [3.8, 4) is 0 Å². The highest BCUT2D eigenvalue weighted by atomic mass is 16.5. The van der Waals surface area contributed by atoms with Gasteiger partial charge in [-0.25, -0.2) is 4.79 Å². The fraction of sp³-hybridized carbons (Fsp3) is 0.867. The van der Waals surface area contributed by atoms with Gasteiger partial charge in [0.15, 0.2) is 6.10 Å². The molecule has 0 bridgehead atoms. The van der Waals surface area contributed by atoms with Crippen molar-refractivity contribution in [2.45, 2.75) is 70.6 Å². The van der Waals surface area contributed by atoms with E-state index in [0.29, 0.717) is 18.3 Å². The van der Waals surface area contributed by atoms with Crippen molar-refractivity contribution >= 4 is 11.9 Å². The topological polar surface area (TPSA) is 66.8 Å². The molecule has 2 atom stereocenters. The van der Waals surface area contributed by atoms with Crippen LogP contribution in [0.2, 0.25) is 0 Å². The Hall–Kier alpha value is -1.10. The van der Waals surface area contributed by atoms with Crippen LogP contribution in [0, 0.1) is 5.41 Å². The van der Waals surface area contributed by atoms with E-state index in [4.69, 9.17) is 9.84 Å². The number of nitrogens with zero attached hydrogens (tertiary/aromatic N) is 1. The van der Waals surface area contributed by atoms with E-state index < -0.39 is 18.2 Å². The predicted octanol–water partition coefficient (Wildman–Crippen LogP) is 2.05. The molecule has 2 fully saturated rings. The molecule has 0 radical (unpaired) electrons. The monoisotopic (exact) mass is 283 g/mol. The van der Waals surface area contributed by atoms with Crippen molar-refractivity contribution in [1.29, 1.82) is 0 Å². The Kier molecular flexibility index (Phi) is 4.37. The van der Waals surface area contributed by atoms with Crippen LogP contribution in [-0.4, -0.2) is 47.2 Å². The number of amides is 1. The molecule has 0 unspecified atom stereocenters. The minimum absolute atomic E-state index is 0.0570. The van der Waals surface area contributed by atoms with Crippen molar-refractivity contribution in [1.82, 2.24) is 4.90 Å². The molecule has 1 aliphatic heterocycles. The smallest absolute Gasteiger partial charge is 0.332 e. The number of carbonyl (C=O) groups excluding carboxylic acids is 1. The minimum atomic E-state index is -0.970. The molecule has 2 aliphatic rings. The van der Waals surface area contributed by atoms with Crippen LogP contribution < -0.4 is 0 Å². The fourth-order valence-corrected chi connectivity index (χ4v) is 3.18. The first-order chi connectivity index (χ1) is 9.30. The summed E-state index contributed by atoms with van der Waals surface area (Å²) in [5, 5.41) is 8.91. The molecule has 0 aromatic carbocycles. The second kappa shape index (κ2) is 5.72. The molecular weight excluding hydrogens is 258 g/mol. The molecule has 1 N–H and O–H groups in total. The van der Waals surface area contributed by atoms with Gasteiger partial charge in [0.05, 0.1) is 0 Å². The maximum absolute atomic E-state index is 12.4. The second-order valence-electron chi connectivity index (χ2n) is 6.87. The van der Waals surface area contributed by atoms with E-state index in [-0.39, 0.29) is 11.9 Å². The van der Waals surface area contributed by atoms with E-state index >= 15 is 0 Å². The van der Waals surface area contributed by atoms with Gasteiger partial charge in [-0.3, -0.25) is 4.79 Å². The van der Waals surface area contributed by atoms with Crippen molar-refractivity contribution in [2.24, 2.45) is 5.41 Å². The Morgan fingerprint density at radius 3 is 2.15 bits per heavy atom. The summed E-state index contributed by atoms with van der Waals surface area (Å²) in [5.41, 5.74) is 0.374. The van der Waals surface area contributed by atoms with E-state index in [9.17, 15) is 9.59 Å². The third-order valence-corrected chi connectivity index (χ3v) is 4.77. The van der Waals surface area contributed by atoms with Crippen LogP contribution in [0.25, 0.3) is 0 Å². The van der Waals surface area contributed by atoms with Gasteiger partial charge in [-0.2, -0.15) is 0 Å². The average molecular weight is 283 g/mol. The Morgan fingerprint density at radius 2 is 1.65 bits per heavy atom. The first-order valence-corrected chi connectivity index (χ1v) is 7.45. The van der Waals surface area contributed by atoms with E-state index in [1.165, 1.54) is 0 Å². The van der Waals surface area contributed by atoms with Crippen LogP contribution >= 0.6 is 0 Å². The molecule has 5 heteroatoms. The zero-order valence-electron chi connectivity index (χ0n) is 12.6. The number of carbonyl (C=O) groups is 2. The number of hydrogen-bond acceptors (Lipinski definition) is 3. The highest BCUT2D eigenvalue weighted by Crippen LogP contribution is 2.37. The van der Waals surface area contributed by atoms with Crippen molar-refractivity contribution in [3.05, 3.63) is 0 Å². The number of rotatable bonds is 3. The lowest BCUT2D eigenvalue weighted by Crippen LogP contribution is -2.45. The molecule has 2 rings (SSSR count). The Morgan fingerprint density at radius 1 is 1.10 bits per heavy atom. The molecule has 1 aliphatic carbocycles. The SMILES string of the molecule is CN(C(=O)[C@@H]1CC[C@H](C(=O)O)O1)C1CCC(C)(C)CC1. The molecule has 0 aromatic heterocycles. The van der Waals surface area contributed by atoms with Gasteiger partial charge in [-0.1, -0.05) is 13.8 Å². The zero-order valence-corrected chi connectivity index (χ0v) is 12.6. The average Bonchev–Trinajstić information content (AvgIpc) is 2.86. The first-order valence-electron chi connectivity index (χ1n) is 7.45. The summed E-state index contributed by atoms with van der Waals surface area (Å²) in [6.45, 7) is 4.53. The lowest BCUT2D eigenvalue weighted by Gasteiger charge is -2.39. The van der Waals surface area contributed by atoms with E-state index in [1.807, 2.05) is 7.05 Å². The fourth-order valence-electron chi connectivity index (χ4n) is 3.18. The van der Waals surface area contributed by atoms with Gasteiger partial charge in [-0.15, -0.1) is 0 Å². The van der Waals surface area contributed by atoms with Crippen LogP contribution in [0.1, 0.15) is 52.4 Å². The number of hydrogen-bond donors (Lipinski definition) is 1. The molecular formula is C15H25NO4. The summed E-state index contributed by atoms with van der Waals surface area (Å²) in [7, 11) is 1.82. The minimum Gasteiger partial charge on any atom is -0.479 e. The molecule has 1 saturated heterocycles. The van der Waals surface area contributed by atoms with Gasteiger partial charge in [-0.05, 0) is 43.9 Å². The predicted molar refractivity (Wildman–Crippen MR) is 74.3 cm³/mol. The summed E-state index contributed by atoms with van der Waals surface area (Å²) >= 11 is 0. The summed E-state index contributed by atoms with van der Waals surface area (Å²) in [5.74, 6) is -1.03. The maximum Gasteiger partial charge on any atom is 0.332 e. The van der Waals surface area contributed by atoms with Gasteiger partial charge in [0.2, 0.25) is 0 Å². The molecule has 1 saturated carbocycles.